The van der Waals surface area contributed by atoms with Crippen LogP contribution in [0, 0.1) is 0 Å². The third kappa shape index (κ3) is 3.98. The van der Waals surface area contributed by atoms with Crippen LogP contribution in [0.5, 0.6) is 5.75 Å². The molecule has 0 spiro atoms. The lowest BCUT2D eigenvalue weighted by Gasteiger charge is -2.09. The molecule has 0 saturated carbocycles. The summed E-state index contributed by atoms with van der Waals surface area (Å²) >= 11 is 5.92. The van der Waals surface area contributed by atoms with Gasteiger partial charge in [0.15, 0.2) is 5.76 Å². The van der Waals surface area contributed by atoms with Crippen LogP contribution in [-0.4, -0.2) is 21.2 Å². The highest BCUT2D eigenvalue weighted by atomic mass is 35.5. The van der Waals surface area contributed by atoms with E-state index in [0.29, 0.717) is 45.2 Å². The van der Waals surface area contributed by atoms with Crippen LogP contribution in [0.4, 0.5) is 0 Å². The average Bonchev–Trinajstić information content (AvgIpc) is 3.27. The van der Waals surface area contributed by atoms with E-state index >= 15 is 0 Å². The first-order valence-corrected chi connectivity index (χ1v) is 10.1. The van der Waals surface area contributed by atoms with Crippen LogP contribution >= 0.6 is 11.6 Å². The number of halogens is 1. The average molecular weight is 432 g/mol. The van der Waals surface area contributed by atoms with Crippen molar-refractivity contribution in [1.82, 2.24) is 9.38 Å². The fourth-order valence-electron chi connectivity index (χ4n) is 3.46. The molecular formula is C24H18ClN3O3. The van der Waals surface area contributed by atoms with E-state index in [1.807, 2.05) is 65.2 Å². The maximum atomic E-state index is 9.59. The summed E-state index contributed by atoms with van der Waals surface area (Å²) in [5.74, 6) is 1.18. The van der Waals surface area contributed by atoms with Crippen molar-refractivity contribution in [1.29, 1.82) is 0 Å². The predicted octanol–water partition coefficient (Wildman–Crippen LogP) is 5.31. The molecule has 0 aliphatic carbocycles. The minimum Gasteiger partial charge on any atom is -0.493 e. The summed E-state index contributed by atoms with van der Waals surface area (Å²) in [6.07, 6.45) is 4.40. The van der Waals surface area contributed by atoms with Crippen molar-refractivity contribution in [3.63, 3.8) is 0 Å². The highest BCUT2D eigenvalue weighted by Crippen LogP contribution is 2.24. The zero-order valence-electron chi connectivity index (χ0n) is 16.4. The number of nitrogens with zero attached hydrogens (tertiary/aromatic N) is 3. The molecule has 0 aliphatic rings. The van der Waals surface area contributed by atoms with Crippen LogP contribution in [0.15, 0.2) is 88.8 Å². The molecule has 0 atom stereocenters. The Morgan fingerprint density at radius 2 is 1.94 bits per heavy atom. The Hall–Kier alpha value is -3.77. The van der Waals surface area contributed by atoms with Crippen molar-refractivity contribution in [3.05, 3.63) is 95.2 Å². The van der Waals surface area contributed by atoms with Crippen LogP contribution in [0.3, 0.4) is 0 Å². The van der Waals surface area contributed by atoms with E-state index in [4.69, 9.17) is 20.8 Å². The fourth-order valence-corrected chi connectivity index (χ4v) is 3.58. The molecule has 31 heavy (non-hydrogen) atoms. The van der Waals surface area contributed by atoms with Crippen molar-refractivity contribution in [2.45, 2.75) is 6.42 Å². The second kappa shape index (κ2) is 8.16. The number of hydrogen-bond acceptors (Lipinski definition) is 5. The Morgan fingerprint density at radius 3 is 2.77 bits per heavy atom. The summed E-state index contributed by atoms with van der Waals surface area (Å²) in [6.45, 7) is 0.509. The number of hydrogen-bond donors (Lipinski definition) is 1. The van der Waals surface area contributed by atoms with Gasteiger partial charge in [-0.2, -0.15) is 0 Å². The van der Waals surface area contributed by atoms with Gasteiger partial charge in [-0.05, 0) is 54.1 Å². The van der Waals surface area contributed by atoms with E-state index in [1.165, 1.54) is 0 Å². The molecule has 1 N–H and O–H groups in total. The van der Waals surface area contributed by atoms with Gasteiger partial charge < -0.3 is 18.8 Å². The van der Waals surface area contributed by atoms with Gasteiger partial charge in [0, 0.05) is 29.2 Å². The Morgan fingerprint density at radius 1 is 1.06 bits per heavy atom. The lowest BCUT2D eigenvalue weighted by molar-refractivity contribution is 0.302. The molecule has 5 aromatic rings. The standard InChI is InChI=1S/C24H18ClN3O3/c25-17-5-3-16(4-6-17)9-11-30-19-7-8-23-20(13-19)21(27-29)14-24(31-23)22-12-18-2-1-10-28(18)15-26-22/h1-8,10,12-15,29H,9,11H2/b27-21+. The lowest BCUT2D eigenvalue weighted by atomic mass is 10.1. The van der Waals surface area contributed by atoms with Gasteiger partial charge in [0.05, 0.1) is 18.3 Å². The topological polar surface area (TPSA) is 72.3 Å². The Kier molecular flexibility index (Phi) is 5.06. The number of ether oxygens (including phenoxy) is 1. The first-order chi connectivity index (χ1) is 15.2. The van der Waals surface area contributed by atoms with Gasteiger partial charge in [-0.25, -0.2) is 4.98 Å². The lowest BCUT2D eigenvalue weighted by Crippen LogP contribution is -2.05. The molecule has 0 amide bonds. The number of aromatic nitrogens is 2. The maximum Gasteiger partial charge on any atom is 0.155 e. The third-order valence-corrected chi connectivity index (χ3v) is 5.32. The molecule has 154 valence electrons. The van der Waals surface area contributed by atoms with Crippen molar-refractivity contribution in [2.24, 2.45) is 5.16 Å². The largest absolute Gasteiger partial charge is 0.493 e. The summed E-state index contributed by atoms with van der Waals surface area (Å²) in [5.41, 5.74) is 3.37. The molecule has 6 nitrogen and oxygen atoms in total. The summed E-state index contributed by atoms with van der Waals surface area (Å²) < 4.78 is 13.8. The summed E-state index contributed by atoms with van der Waals surface area (Å²) in [6, 6.07) is 20.7. The van der Waals surface area contributed by atoms with E-state index in [0.717, 1.165) is 17.5 Å². The summed E-state index contributed by atoms with van der Waals surface area (Å²) in [7, 11) is 0. The fraction of sp³-hybridized carbons (Fsp3) is 0.0833. The van der Waals surface area contributed by atoms with Crippen LogP contribution in [-0.2, 0) is 6.42 Å². The zero-order chi connectivity index (χ0) is 21.2. The van der Waals surface area contributed by atoms with E-state index in [2.05, 4.69) is 10.1 Å². The molecule has 0 saturated heterocycles. The molecule has 0 aliphatic heterocycles. The number of rotatable bonds is 5. The van der Waals surface area contributed by atoms with Crippen molar-refractivity contribution >= 4 is 28.1 Å². The Labute approximate surface area is 182 Å². The van der Waals surface area contributed by atoms with Crippen molar-refractivity contribution in [2.75, 3.05) is 6.61 Å². The Balaban J connectivity index is 1.42. The third-order valence-electron chi connectivity index (χ3n) is 5.07. The molecule has 0 unspecified atom stereocenters. The van der Waals surface area contributed by atoms with E-state index < -0.39 is 0 Å². The van der Waals surface area contributed by atoms with E-state index in [-0.39, 0.29) is 0 Å². The molecule has 0 bridgehead atoms. The predicted molar refractivity (Wildman–Crippen MR) is 118 cm³/mol. The zero-order valence-corrected chi connectivity index (χ0v) is 17.2. The van der Waals surface area contributed by atoms with Crippen LogP contribution in [0.25, 0.3) is 27.9 Å². The monoisotopic (exact) mass is 431 g/mol. The summed E-state index contributed by atoms with van der Waals surface area (Å²) in [4.78, 5) is 4.44. The molecule has 0 radical (unpaired) electrons. The molecular weight excluding hydrogens is 414 g/mol. The first kappa shape index (κ1) is 19.2. The van der Waals surface area contributed by atoms with E-state index in [9.17, 15) is 5.21 Å². The van der Waals surface area contributed by atoms with Crippen LogP contribution in [0.1, 0.15) is 5.56 Å². The first-order valence-electron chi connectivity index (χ1n) is 9.76. The highest BCUT2D eigenvalue weighted by molar-refractivity contribution is 6.30. The van der Waals surface area contributed by atoms with Gasteiger partial charge in [-0.15, -0.1) is 0 Å². The Bertz CT molecular complexity index is 1440. The highest BCUT2D eigenvalue weighted by Gasteiger charge is 2.10. The van der Waals surface area contributed by atoms with Gasteiger partial charge in [-0.1, -0.05) is 28.9 Å². The van der Waals surface area contributed by atoms with Gasteiger partial charge in [0.2, 0.25) is 0 Å². The second-order valence-electron chi connectivity index (χ2n) is 7.09. The normalized spacial score (nSPS) is 12.0. The molecule has 3 heterocycles. The van der Waals surface area contributed by atoms with Crippen molar-refractivity contribution in [3.8, 4) is 17.2 Å². The molecule has 3 aromatic heterocycles. The maximum absolute atomic E-state index is 9.59. The smallest absolute Gasteiger partial charge is 0.155 e. The minimum absolute atomic E-state index is 0.386. The van der Waals surface area contributed by atoms with Gasteiger partial charge >= 0.3 is 0 Å². The SMILES string of the molecule is O/N=c1\cc(-c2cc3cccn3cn2)oc2ccc(OCCc3ccc(Cl)cc3)cc12. The van der Waals surface area contributed by atoms with E-state index in [1.54, 1.807) is 18.5 Å². The number of fused-ring (bicyclic) bond motifs is 2. The minimum atomic E-state index is 0.386. The second-order valence-corrected chi connectivity index (χ2v) is 7.53. The van der Waals surface area contributed by atoms with Crippen molar-refractivity contribution < 1.29 is 14.4 Å². The number of benzene rings is 2. The summed E-state index contributed by atoms with van der Waals surface area (Å²) in [5, 5.41) is 14.8. The van der Waals surface area contributed by atoms with Crippen LogP contribution in [0.2, 0.25) is 5.02 Å². The molecule has 0 fully saturated rings. The molecule has 7 heteroatoms. The molecule has 2 aromatic carbocycles. The van der Waals surface area contributed by atoms with Gasteiger partial charge in [0.1, 0.15) is 22.4 Å². The van der Waals surface area contributed by atoms with Gasteiger partial charge in [0.25, 0.3) is 0 Å². The quantitative estimate of drug-likeness (QED) is 0.302. The van der Waals surface area contributed by atoms with Crippen LogP contribution < -0.4 is 10.1 Å². The van der Waals surface area contributed by atoms with Gasteiger partial charge in [-0.3, -0.25) is 0 Å². The molecule has 5 rings (SSSR count).